The van der Waals surface area contributed by atoms with Gasteiger partial charge in [-0.3, -0.25) is 0 Å². The van der Waals surface area contributed by atoms with Gasteiger partial charge in [0.15, 0.2) is 17.6 Å². The second kappa shape index (κ2) is 10.3. The Kier molecular flexibility index (Phi) is 8.69. The Morgan fingerprint density at radius 1 is 0.839 bits per heavy atom. The van der Waals surface area contributed by atoms with Crippen LogP contribution in [-0.2, 0) is 5.97 Å². The minimum absolute atomic E-state index is 0.0104. The highest BCUT2D eigenvalue weighted by Gasteiger charge is 2.30. The molecule has 0 bridgehead atoms. The zero-order chi connectivity index (χ0) is 24.0. The van der Waals surface area contributed by atoms with E-state index in [1.165, 1.54) is 18.2 Å². The fourth-order valence-electron chi connectivity index (χ4n) is 2.47. The van der Waals surface area contributed by atoms with Gasteiger partial charge >= 0.3 is 5.97 Å². The maximum atomic E-state index is 10.3. The highest BCUT2D eigenvalue weighted by Crippen LogP contribution is 2.30. The van der Waals surface area contributed by atoms with Crippen LogP contribution >= 0.6 is 0 Å². The van der Waals surface area contributed by atoms with Gasteiger partial charge in [-0.1, -0.05) is 18.7 Å². The molecule has 0 fully saturated rings. The number of hydrogen-bond acceptors (Lipinski definition) is 12. The van der Waals surface area contributed by atoms with E-state index in [9.17, 15) is 35.7 Å². The molecule has 0 aliphatic rings. The molecule has 0 saturated carbocycles. The van der Waals surface area contributed by atoms with E-state index in [0.717, 1.165) is 6.07 Å². The summed E-state index contributed by atoms with van der Waals surface area (Å²) in [7, 11) is 0. The van der Waals surface area contributed by atoms with Gasteiger partial charge in [-0.15, -0.1) is 0 Å². The molecule has 174 valence electrons. The third-order valence-electron chi connectivity index (χ3n) is 4.02. The summed E-state index contributed by atoms with van der Waals surface area (Å²) in [6.07, 6.45) is -2.20. The number of aliphatic hydroxyl groups excluding tert-OH is 5. The fraction of sp³-hybridized carbons (Fsp3) is 0.368. The number of para-hydroxylation sites is 1. The molecule has 0 spiro atoms. The molecule has 12 heteroatoms. The molecule has 0 aromatic heterocycles. The molecule has 0 aliphatic heterocycles. The summed E-state index contributed by atoms with van der Waals surface area (Å²) < 4.78 is 5.44. The number of hydrogen-bond donors (Lipinski definition) is 11. The summed E-state index contributed by atoms with van der Waals surface area (Å²) in [4.78, 5) is 0. The molecule has 0 radical (unpaired) electrons. The average molecular weight is 446 g/mol. The number of unbranched alkanes of at least 4 members (excludes halogenated alkanes) is 1. The number of rotatable bonds is 11. The first-order valence-corrected chi connectivity index (χ1v) is 8.88. The lowest BCUT2D eigenvalue weighted by molar-refractivity contribution is -0.324. The lowest BCUT2D eigenvalue weighted by Gasteiger charge is -2.24. The molecule has 31 heavy (non-hydrogen) atoms. The van der Waals surface area contributed by atoms with E-state index in [4.69, 9.17) is 25.2 Å². The third-order valence-corrected chi connectivity index (χ3v) is 4.02. The number of aliphatic hydroxyl groups is 11. The van der Waals surface area contributed by atoms with Crippen LogP contribution in [0.15, 0.2) is 59.6 Å². The van der Waals surface area contributed by atoms with E-state index in [1.807, 2.05) is 0 Å². The van der Waals surface area contributed by atoms with Gasteiger partial charge in [-0.25, -0.2) is 0 Å². The molecule has 12 nitrogen and oxygen atoms in total. The van der Waals surface area contributed by atoms with Crippen molar-refractivity contribution in [2.45, 2.75) is 43.7 Å². The lowest BCUT2D eigenvalue weighted by Crippen LogP contribution is -2.28. The van der Waals surface area contributed by atoms with Crippen LogP contribution in [-0.4, -0.2) is 68.2 Å². The van der Waals surface area contributed by atoms with Crippen LogP contribution < -0.4 is 4.74 Å². The summed E-state index contributed by atoms with van der Waals surface area (Å²) in [6.45, 7) is 2.94. The first kappa shape index (κ1) is 26.0. The van der Waals surface area contributed by atoms with Gasteiger partial charge in [0.1, 0.15) is 5.75 Å². The van der Waals surface area contributed by atoms with E-state index < -0.39 is 58.8 Å². The molecule has 11 N–H and O–H groups in total. The second-order valence-electron chi connectivity index (χ2n) is 6.64. The SMILES string of the molecule is C=C(O)/C(O)=C(O)\C(O)=C(/O)C(CCCCC(O)(O)O)Oc1ccccc1C(O)(O)O. The van der Waals surface area contributed by atoms with Crippen molar-refractivity contribution in [1.82, 2.24) is 0 Å². The van der Waals surface area contributed by atoms with Crippen LogP contribution in [0.5, 0.6) is 5.75 Å². The van der Waals surface area contributed by atoms with Gasteiger partial charge in [0.05, 0.1) is 5.56 Å². The van der Waals surface area contributed by atoms with Gasteiger partial charge < -0.3 is 60.9 Å². The van der Waals surface area contributed by atoms with Crippen LogP contribution in [0.3, 0.4) is 0 Å². The van der Waals surface area contributed by atoms with Crippen molar-refractivity contribution in [2.75, 3.05) is 0 Å². The quantitative estimate of drug-likeness (QED) is 0.0962. The van der Waals surface area contributed by atoms with Crippen LogP contribution in [0.2, 0.25) is 0 Å². The Hall–Kier alpha value is -3.00. The van der Waals surface area contributed by atoms with Crippen LogP contribution in [0.1, 0.15) is 31.2 Å². The topological polar surface area (TPSA) is 232 Å². The summed E-state index contributed by atoms with van der Waals surface area (Å²) in [5, 5.41) is 104. The van der Waals surface area contributed by atoms with Crippen LogP contribution in [0.25, 0.3) is 0 Å². The molecule has 1 aromatic rings. The van der Waals surface area contributed by atoms with E-state index in [0.29, 0.717) is 0 Å². The highest BCUT2D eigenvalue weighted by atomic mass is 16.7. The standard InChI is InChI=1S/C19H26O12/c1-10(20)14(21)16(23)17(24)15(22)13(8-4-5-9-18(25,26)27)31-12-7-3-2-6-11(12)19(28,29)30/h2-3,6-7,13,20-30H,1,4-5,8-9H2/b16-14-,17-15+. The Balaban J connectivity index is 3.29. The molecule has 0 amide bonds. The van der Waals surface area contributed by atoms with E-state index in [2.05, 4.69) is 6.58 Å². The molecular weight excluding hydrogens is 420 g/mol. The van der Waals surface area contributed by atoms with Crippen molar-refractivity contribution in [3.63, 3.8) is 0 Å². The largest absolute Gasteiger partial charge is 0.505 e. The van der Waals surface area contributed by atoms with Gasteiger partial charge in [-0.05, 0) is 31.4 Å². The molecule has 1 rings (SSSR count). The average Bonchev–Trinajstić information content (AvgIpc) is 2.66. The number of ether oxygens (including phenoxy) is 1. The van der Waals surface area contributed by atoms with E-state index in [-0.39, 0.29) is 25.0 Å². The van der Waals surface area contributed by atoms with Gasteiger partial charge in [-0.2, -0.15) is 0 Å². The summed E-state index contributed by atoms with van der Waals surface area (Å²) in [5.74, 6) is -12.6. The second-order valence-corrected chi connectivity index (χ2v) is 6.64. The maximum Gasteiger partial charge on any atom is 0.308 e. The number of benzene rings is 1. The van der Waals surface area contributed by atoms with Crippen LogP contribution in [0, 0.1) is 0 Å². The monoisotopic (exact) mass is 446 g/mol. The molecule has 0 aliphatic carbocycles. The van der Waals surface area contributed by atoms with Crippen molar-refractivity contribution in [3.8, 4) is 5.75 Å². The predicted molar refractivity (Wildman–Crippen MR) is 103 cm³/mol. The van der Waals surface area contributed by atoms with Crippen molar-refractivity contribution in [2.24, 2.45) is 0 Å². The molecule has 1 atom stereocenters. The molecule has 1 aromatic carbocycles. The summed E-state index contributed by atoms with van der Waals surface area (Å²) in [5.41, 5.74) is -0.529. The first-order valence-electron chi connectivity index (χ1n) is 8.88. The summed E-state index contributed by atoms with van der Waals surface area (Å²) >= 11 is 0. The van der Waals surface area contributed by atoms with Gasteiger partial charge in [0.25, 0.3) is 5.97 Å². The van der Waals surface area contributed by atoms with Crippen molar-refractivity contribution < 1.29 is 60.9 Å². The Labute approximate surface area is 176 Å². The van der Waals surface area contributed by atoms with Crippen LogP contribution in [0.4, 0.5) is 0 Å². The van der Waals surface area contributed by atoms with Crippen molar-refractivity contribution in [1.29, 1.82) is 0 Å². The Bertz CT molecular complexity index is 829. The third kappa shape index (κ3) is 7.97. The fourth-order valence-corrected chi connectivity index (χ4v) is 2.47. The zero-order valence-corrected chi connectivity index (χ0v) is 16.2. The minimum atomic E-state index is -3.32. The lowest BCUT2D eigenvalue weighted by atomic mass is 10.1. The smallest absolute Gasteiger partial charge is 0.308 e. The van der Waals surface area contributed by atoms with Crippen molar-refractivity contribution in [3.05, 3.63) is 65.2 Å². The first-order chi connectivity index (χ1) is 14.1. The van der Waals surface area contributed by atoms with E-state index >= 15 is 0 Å². The van der Waals surface area contributed by atoms with E-state index in [1.54, 1.807) is 0 Å². The normalized spacial score (nSPS) is 15.0. The molecular formula is C19H26O12. The highest BCUT2D eigenvalue weighted by molar-refractivity contribution is 5.37. The van der Waals surface area contributed by atoms with Gasteiger partial charge in [0, 0.05) is 6.42 Å². The van der Waals surface area contributed by atoms with Crippen molar-refractivity contribution >= 4 is 0 Å². The molecule has 1 unspecified atom stereocenters. The predicted octanol–water partition coefficient (Wildman–Crippen LogP) is 0.439. The minimum Gasteiger partial charge on any atom is -0.505 e. The zero-order valence-electron chi connectivity index (χ0n) is 16.2. The molecule has 0 heterocycles. The Morgan fingerprint density at radius 3 is 1.94 bits per heavy atom. The Morgan fingerprint density at radius 2 is 1.42 bits per heavy atom. The summed E-state index contributed by atoms with van der Waals surface area (Å²) in [6, 6.07) is 5.00. The molecule has 0 saturated heterocycles. The van der Waals surface area contributed by atoms with Gasteiger partial charge in [0.2, 0.25) is 17.3 Å². The maximum absolute atomic E-state index is 10.3.